The minimum Gasteiger partial charge on any atom is -0.269 e. The molecule has 5 nitrogen and oxygen atoms in total. The lowest BCUT2D eigenvalue weighted by Gasteiger charge is -2.13. The molecule has 0 atom stereocenters. The van der Waals surface area contributed by atoms with Crippen LogP contribution in [-0.2, 0) is 0 Å². The van der Waals surface area contributed by atoms with Gasteiger partial charge in [-0.15, -0.1) is 0 Å². The number of amides is 2. The van der Waals surface area contributed by atoms with Gasteiger partial charge in [-0.25, -0.2) is 0 Å². The maximum Gasteiger partial charge on any atom is 0.262 e. The molecule has 120 valence electrons. The van der Waals surface area contributed by atoms with Gasteiger partial charge in [-0.3, -0.25) is 19.9 Å². The van der Waals surface area contributed by atoms with E-state index < -0.39 is 0 Å². The highest BCUT2D eigenvalue weighted by atomic mass is 32.2. The Kier molecular flexibility index (Phi) is 5.02. The van der Waals surface area contributed by atoms with Crippen molar-refractivity contribution in [1.29, 1.82) is 0 Å². The second-order valence-electron chi connectivity index (χ2n) is 4.93. The molecule has 24 heavy (non-hydrogen) atoms. The molecule has 0 unspecified atom stereocenters. The van der Waals surface area contributed by atoms with Crippen LogP contribution in [0.1, 0.15) is 26.3 Å². The monoisotopic (exact) mass is 355 g/mol. The van der Waals surface area contributed by atoms with Crippen molar-refractivity contribution >= 4 is 46.3 Å². The molecule has 2 aromatic carbocycles. The van der Waals surface area contributed by atoms with Crippen LogP contribution in [0.2, 0.25) is 0 Å². The SMILES string of the molecule is O=C1c2ccccc2C(=O)N1CSC(=S)NN=Cc1ccccc1. The molecule has 0 saturated heterocycles. The topological polar surface area (TPSA) is 61.8 Å². The average molecular weight is 355 g/mol. The number of hydrogen-bond acceptors (Lipinski definition) is 5. The lowest BCUT2D eigenvalue weighted by atomic mass is 10.1. The van der Waals surface area contributed by atoms with Crippen LogP contribution < -0.4 is 5.43 Å². The zero-order valence-electron chi connectivity index (χ0n) is 12.5. The summed E-state index contributed by atoms with van der Waals surface area (Å²) in [6.07, 6.45) is 1.65. The molecule has 1 aliphatic rings. The van der Waals surface area contributed by atoms with Crippen LogP contribution in [0.5, 0.6) is 0 Å². The van der Waals surface area contributed by atoms with Gasteiger partial charge in [0.25, 0.3) is 11.8 Å². The maximum atomic E-state index is 12.2. The summed E-state index contributed by atoms with van der Waals surface area (Å²) in [7, 11) is 0. The van der Waals surface area contributed by atoms with E-state index in [1.165, 1.54) is 16.7 Å². The zero-order valence-corrected chi connectivity index (χ0v) is 14.1. The number of fused-ring (bicyclic) bond motifs is 1. The number of carbonyl (C=O) groups excluding carboxylic acids is 2. The molecule has 3 rings (SSSR count). The van der Waals surface area contributed by atoms with Crippen LogP contribution in [0.25, 0.3) is 0 Å². The Morgan fingerprint density at radius 1 is 1.04 bits per heavy atom. The van der Waals surface area contributed by atoms with Crippen LogP contribution in [0.4, 0.5) is 0 Å². The molecular formula is C17H13N3O2S2. The maximum absolute atomic E-state index is 12.2. The Bertz CT molecular complexity index is 787. The summed E-state index contributed by atoms with van der Waals surface area (Å²) in [5, 5.41) is 4.04. The van der Waals surface area contributed by atoms with E-state index in [9.17, 15) is 9.59 Å². The molecule has 1 aliphatic heterocycles. The summed E-state index contributed by atoms with van der Waals surface area (Å²) in [5.41, 5.74) is 4.53. The standard InChI is InChI=1S/C17H13N3O2S2/c21-15-13-8-4-5-9-14(13)16(22)20(15)11-24-17(23)19-18-10-12-6-2-1-3-7-12/h1-10H,11H2,(H,19,23). The van der Waals surface area contributed by atoms with E-state index in [1.807, 2.05) is 30.3 Å². The van der Waals surface area contributed by atoms with Crippen molar-refractivity contribution in [2.75, 3.05) is 5.88 Å². The van der Waals surface area contributed by atoms with Gasteiger partial charge in [0, 0.05) is 0 Å². The number of hydrazone groups is 1. The number of rotatable bonds is 4. The van der Waals surface area contributed by atoms with Gasteiger partial charge in [-0.2, -0.15) is 5.10 Å². The van der Waals surface area contributed by atoms with Crippen molar-refractivity contribution < 1.29 is 9.59 Å². The fourth-order valence-corrected chi connectivity index (χ4v) is 3.02. The van der Waals surface area contributed by atoms with Crippen molar-refractivity contribution in [1.82, 2.24) is 10.3 Å². The lowest BCUT2D eigenvalue weighted by Crippen LogP contribution is -2.30. The van der Waals surface area contributed by atoms with Gasteiger partial charge in [-0.1, -0.05) is 66.4 Å². The van der Waals surface area contributed by atoms with Crippen molar-refractivity contribution in [2.24, 2.45) is 5.10 Å². The molecule has 7 heteroatoms. The minimum atomic E-state index is -0.293. The number of thioether (sulfide) groups is 1. The van der Waals surface area contributed by atoms with Gasteiger partial charge in [0.15, 0.2) is 4.32 Å². The normalized spacial score (nSPS) is 13.4. The van der Waals surface area contributed by atoms with Gasteiger partial charge in [0.1, 0.15) is 0 Å². The number of nitrogens with zero attached hydrogens (tertiary/aromatic N) is 2. The number of hydrogen-bond donors (Lipinski definition) is 1. The first-order valence-electron chi connectivity index (χ1n) is 7.13. The summed E-state index contributed by atoms with van der Waals surface area (Å²) in [6, 6.07) is 16.4. The molecule has 1 heterocycles. The van der Waals surface area contributed by atoms with Crippen LogP contribution in [0, 0.1) is 0 Å². The summed E-state index contributed by atoms with van der Waals surface area (Å²) in [4.78, 5) is 25.6. The number of nitrogens with one attached hydrogen (secondary N) is 1. The Morgan fingerprint density at radius 2 is 1.62 bits per heavy atom. The highest BCUT2D eigenvalue weighted by Gasteiger charge is 2.34. The first kappa shape index (κ1) is 16.4. The second-order valence-corrected chi connectivity index (χ2v) is 6.55. The van der Waals surface area contributed by atoms with Crippen LogP contribution >= 0.6 is 24.0 Å². The molecule has 0 aliphatic carbocycles. The van der Waals surface area contributed by atoms with Gasteiger partial charge in [0.05, 0.1) is 23.2 Å². The fourth-order valence-electron chi connectivity index (χ4n) is 2.21. The molecule has 1 N–H and O–H groups in total. The van der Waals surface area contributed by atoms with E-state index in [0.29, 0.717) is 15.4 Å². The Balaban J connectivity index is 1.53. The molecule has 0 spiro atoms. The first-order valence-corrected chi connectivity index (χ1v) is 8.52. The highest BCUT2D eigenvalue weighted by Crippen LogP contribution is 2.24. The predicted molar refractivity (Wildman–Crippen MR) is 99.2 cm³/mol. The number of benzene rings is 2. The Hall–Kier alpha value is -2.51. The van der Waals surface area contributed by atoms with Gasteiger partial charge in [0.2, 0.25) is 0 Å². The third kappa shape index (κ3) is 3.52. The van der Waals surface area contributed by atoms with E-state index in [4.69, 9.17) is 12.2 Å². The van der Waals surface area contributed by atoms with Crippen LogP contribution in [0.3, 0.4) is 0 Å². The van der Waals surface area contributed by atoms with Crippen molar-refractivity contribution in [2.45, 2.75) is 0 Å². The number of imide groups is 1. The first-order chi connectivity index (χ1) is 11.7. The smallest absolute Gasteiger partial charge is 0.262 e. The van der Waals surface area contributed by atoms with Gasteiger partial charge in [-0.05, 0) is 17.7 Å². The van der Waals surface area contributed by atoms with Gasteiger partial charge < -0.3 is 0 Å². The van der Waals surface area contributed by atoms with E-state index in [2.05, 4.69) is 10.5 Å². The molecular weight excluding hydrogens is 342 g/mol. The fraction of sp³-hybridized carbons (Fsp3) is 0.0588. The summed E-state index contributed by atoms with van der Waals surface area (Å²) in [5.74, 6) is -0.434. The Labute approximate surface area is 148 Å². The van der Waals surface area contributed by atoms with Crippen LogP contribution in [-0.4, -0.2) is 33.1 Å². The van der Waals surface area contributed by atoms with Crippen LogP contribution in [0.15, 0.2) is 59.7 Å². The lowest BCUT2D eigenvalue weighted by molar-refractivity contribution is 0.0684. The summed E-state index contributed by atoms with van der Waals surface area (Å²) in [6.45, 7) is 0. The number of thiocarbonyl (C=S) groups is 1. The van der Waals surface area contributed by atoms with Crippen molar-refractivity contribution in [3.8, 4) is 0 Å². The summed E-state index contributed by atoms with van der Waals surface area (Å²) < 4.78 is 0.388. The largest absolute Gasteiger partial charge is 0.269 e. The summed E-state index contributed by atoms with van der Waals surface area (Å²) >= 11 is 6.33. The highest BCUT2D eigenvalue weighted by molar-refractivity contribution is 8.22. The van der Waals surface area contributed by atoms with Crippen molar-refractivity contribution in [3.63, 3.8) is 0 Å². The predicted octanol–water partition coefficient (Wildman–Crippen LogP) is 2.88. The second kappa shape index (κ2) is 7.37. The molecule has 0 fully saturated rings. The average Bonchev–Trinajstić information content (AvgIpc) is 2.85. The third-order valence-electron chi connectivity index (χ3n) is 3.37. The molecule has 0 bridgehead atoms. The zero-order chi connectivity index (χ0) is 16.9. The van der Waals surface area contributed by atoms with Gasteiger partial charge >= 0.3 is 0 Å². The minimum absolute atomic E-state index is 0.152. The molecule has 2 amide bonds. The molecule has 2 aromatic rings. The molecule has 0 aromatic heterocycles. The Morgan fingerprint density at radius 3 is 2.25 bits per heavy atom. The molecule has 0 radical (unpaired) electrons. The van der Waals surface area contributed by atoms with E-state index in [1.54, 1.807) is 30.5 Å². The van der Waals surface area contributed by atoms with E-state index >= 15 is 0 Å². The number of carbonyl (C=O) groups is 2. The third-order valence-corrected chi connectivity index (χ3v) is 4.56. The van der Waals surface area contributed by atoms with E-state index in [0.717, 1.165) is 5.56 Å². The molecule has 0 saturated carbocycles. The quantitative estimate of drug-likeness (QED) is 0.395. The van der Waals surface area contributed by atoms with E-state index in [-0.39, 0.29) is 17.7 Å². The van der Waals surface area contributed by atoms with Crippen molar-refractivity contribution in [3.05, 3.63) is 71.3 Å².